The van der Waals surface area contributed by atoms with E-state index in [1.807, 2.05) is 13.8 Å². The van der Waals surface area contributed by atoms with Gasteiger partial charge in [-0.1, -0.05) is 13.8 Å². The van der Waals surface area contributed by atoms with Crippen LogP contribution in [-0.4, -0.2) is 22.7 Å². The van der Waals surface area contributed by atoms with Gasteiger partial charge in [-0.25, -0.2) is 13.4 Å². The molecule has 2 aromatic rings. The Kier molecular flexibility index (Phi) is 4.42. The van der Waals surface area contributed by atoms with E-state index in [1.54, 1.807) is 0 Å². The highest BCUT2D eigenvalue weighted by Gasteiger charge is 2.21. The minimum Gasteiger partial charge on any atom is -0.258 e. The average molecular weight is 342 g/mol. The van der Waals surface area contributed by atoms with Gasteiger partial charge in [-0.05, 0) is 18.6 Å². The van der Waals surface area contributed by atoms with E-state index >= 15 is 0 Å². The minimum absolute atomic E-state index is 0.0283. The zero-order chi connectivity index (χ0) is 16.5. The smallest absolute Gasteiger partial charge is 0.258 e. The van der Waals surface area contributed by atoms with Crippen molar-refractivity contribution in [1.82, 2.24) is 9.36 Å². The number of non-ortho nitro benzene ring substituents is 1. The van der Waals surface area contributed by atoms with E-state index in [2.05, 4.69) is 14.1 Å². The van der Waals surface area contributed by atoms with Gasteiger partial charge in [0.15, 0.2) is 0 Å². The van der Waals surface area contributed by atoms with Gasteiger partial charge >= 0.3 is 0 Å². The van der Waals surface area contributed by atoms with Crippen LogP contribution in [0.15, 0.2) is 23.1 Å². The molecule has 0 fully saturated rings. The first-order valence-electron chi connectivity index (χ1n) is 6.32. The Balaban J connectivity index is 2.32. The standard InChI is InChI=1S/C12H14N4O4S2/c1-7(2)11-13-12(21-14-11)15-22(19,20)10-5-4-9(16(17)18)6-8(10)3/h4-7H,1-3H3,(H,13,14,15). The second-order valence-electron chi connectivity index (χ2n) is 4.92. The summed E-state index contributed by atoms with van der Waals surface area (Å²) < 4.78 is 31.1. The molecule has 118 valence electrons. The first kappa shape index (κ1) is 16.3. The van der Waals surface area contributed by atoms with E-state index in [1.165, 1.54) is 19.1 Å². The summed E-state index contributed by atoms with van der Waals surface area (Å²) >= 11 is 0.954. The Morgan fingerprint density at radius 3 is 2.55 bits per heavy atom. The number of nitro groups is 1. The Labute approximate surface area is 131 Å². The second kappa shape index (κ2) is 5.97. The number of benzene rings is 1. The lowest BCUT2D eigenvalue weighted by atomic mass is 10.2. The number of aromatic nitrogens is 2. The summed E-state index contributed by atoms with van der Waals surface area (Å²) in [6, 6.07) is 3.58. The summed E-state index contributed by atoms with van der Waals surface area (Å²) in [5.74, 6) is 0.652. The molecule has 8 nitrogen and oxygen atoms in total. The molecule has 0 amide bonds. The second-order valence-corrected chi connectivity index (χ2v) is 7.33. The number of hydrogen-bond acceptors (Lipinski definition) is 7. The van der Waals surface area contributed by atoms with Crippen molar-refractivity contribution in [3.63, 3.8) is 0 Å². The number of nitrogens with zero attached hydrogens (tertiary/aromatic N) is 3. The van der Waals surface area contributed by atoms with Crippen molar-refractivity contribution in [2.45, 2.75) is 31.6 Å². The first-order chi connectivity index (χ1) is 10.2. The van der Waals surface area contributed by atoms with E-state index in [0.717, 1.165) is 17.6 Å². The van der Waals surface area contributed by atoms with E-state index in [-0.39, 0.29) is 27.2 Å². The van der Waals surface area contributed by atoms with Gasteiger partial charge in [0.25, 0.3) is 15.7 Å². The third kappa shape index (κ3) is 3.39. The molecular weight excluding hydrogens is 328 g/mol. The van der Waals surface area contributed by atoms with Gasteiger partial charge in [0.05, 0.1) is 9.82 Å². The highest BCUT2D eigenvalue weighted by atomic mass is 32.2. The molecule has 2 rings (SSSR count). The number of nitrogens with one attached hydrogen (secondary N) is 1. The predicted octanol–water partition coefficient (Wildman–Crippen LogP) is 2.68. The van der Waals surface area contributed by atoms with Crippen LogP contribution in [0, 0.1) is 17.0 Å². The normalized spacial score (nSPS) is 11.6. The summed E-state index contributed by atoms with van der Waals surface area (Å²) in [5.41, 5.74) is 0.129. The highest BCUT2D eigenvalue weighted by Crippen LogP contribution is 2.25. The van der Waals surface area contributed by atoms with Crippen molar-refractivity contribution in [2.24, 2.45) is 0 Å². The number of nitro benzene ring substituents is 1. The van der Waals surface area contributed by atoms with Crippen LogP contribution in [0.2, 0.25) is 0 Å². The molecule has 0 saturated heterocycles. The van der Waals surface area contributed by atoms with E-state index in [4.69, 9.17) is 0 Å². The third-order valence-corrected chi connectivity index (χ3v) is 5.11. The molecule has 1 N–H and O–H groups in total. The summed E-state index contributed by atoms with van der Waals surface area (Å²) in [4.78, 5) is 14.2. The lowest BCUT2D eigenvalue weighted by Gasteiger charge is -2.07. The summed E-state index contributed by atoms with van der Waals surface area (Å²) in [5, 5.41) is 10.9. The van der Waals surface area contributed by atoms with Crippen LogP contribution in [0.5, 0.6) is 0 Å². The Hall–Kier alpha value is -2.07. The fourth-order valence-corrected chi connectivity index (χ4v) is 3.89. The molecular formula is C12H14N4O4S2. The largest absolute Gasteiger partial charge is 0.269 e. The molecule has 1 heterocycles. The number of sulfonamides is 1. The molecule has 0 saturated carbocycles. The monoisotopic (exact) mass is 342 g/mol. The van der Waals surface area contributed by atoms with Crippen LogP contribution in [-0.2, 0) is 10.0 Å². The van der Waals surface area contributed by atoms with Crippen molar-refractivity contribution in [2.75, 3.05) is 4.72 Å². The van der Waals surface area contributed by atoms with Crippen molar-refractivity contribution in [3.8, 4) is 0 Å². The highest BCUT2D eigenvalue weighted by molar-refractivity contribution is 7.93. The third-order valence-electron chi connectivity index (χ3n) is 2.84. The van der Waals surface area contributed by atoms with Gasteiger partial charge in [0.2, 0.25) is 5.13 Å². The number of aryl methyl sites for hydroxylation is 1. The maximum Gasteiger partial charge on any atom is 0.269 e. The van der Waals surface area contributed by atoms with Crippen LogP contribution in [0.4, 0.5) is 10.8 Å². The maximum atomic E-state index is 12.3. The van der Waals surface area contributed by atoms with Crippen LogP contribution in [0.1, 0.15) is 31.2 Å². The summed E-state index contributed by atoms with van der Waals surface area (Å²) in [7, 11) is -3.86. The molecule has 22 heavy (non-hydrogen) atoms. The van der Waals surface area contributed by atoms with Gasteiger partial charge in [-0.2, -0.15) is 4.37 Å². The van der Waals surface area contributed by atoms with Crippen molar-refractivity contribution in [3.05, 3.63) is 39.7 Å². The predicted molar refractivity (Wildman–Crippen MR) is 82.6 cm³/mol. The Bertz CT molecular complexity index is 814. The van der Waals surface area contributed by atoms with Gasteiger partial charge in [-0.15, -0.1) is 0 Å². The molecule has 0 aliphatic rings. The van der Waals surface area contributed by atoms with Gasteiger partial charge < -0.3 is 0 Å². The molecule has 0 atom stereocenters. The molecule has 0 spiro atoms. The molecule has 1 aromatic heterocycles. The minimum atomic E-state index is -3.86. The number of hydrogen-bond donors (Lipinski definition) is 1. The molecule has 0 unspecified atom stereocenters. The zero-order valence-electron chi connectivity index (χ0n) is 12.1. The number of rotatable bonds is 5. The number of anilines is 1. The van der Waals surface area contributed by atoms with Gasteiger partial charge in [-0.3, -0.25) is 14.8 Å². The van der Waals surface area contributed by atoms with Gasteiger partial charge in [0.1, 0.15) is 5.82 Å². The quantitative estimate of drug-likeness (QED) is 0.660. The topological polar surface area (TPSA) is 115 Å². The van der Waals surface area contributed by atoms with Gasteiger partial charge in [0, 0.05) is 29.6 Å². The zero-order valence-corrected chi connectivity index (χ0v) is 13.7. The summed E-state index contributed by atoms with van der Waals surface area (Å²) in [6.45, 7) is 5.31. The van der Waals surface area contributed by atoms with Crippen LogP contribution in [0.25, 0.3) is 0 Å². The lowest BCUT2D eigenvalue weighted by molar-refractivity contribution is -0.385. The van der Waals surface area contributed by atoms with E-state index < -0.39 is 14.9 Å². The van der Waals surface area contributed by atoms with Crippen LogP contribution < -0.4 is 4.72 Å². The first-order valence-corrected chi connectivity index (χ1v) is 8.58. The lowest BCUT2D eigenvalue weighted by Crippen LogP contribution is -2.14. The Morgan fingerprint density at radius 2 is 2.05 bits per heavy atom. The van der Waals surface area contributed by atoms with Crippen molar-refractivity contribution in [1.29, 1.82) is 0 Å². The average Bonchev–Trinajstić information content (AvgIpc) is 2.86. The van der Waals surface area contributed by atoms with Crippen LogP contribution in [0.3, 0.4) is 0 Å². The van der Waals surface area contributed by atoms with E-state index in [9.17, 15) is 18.5 Å². The fourth-order valence-electron chi connectivity index (χ4n) is 1.73. The summed E-state index contributed by atoms with van der Waals surface area (Å²) in [6.07, 6.45) is 0. The molecule has 0 aliphatic carbocycles. The van der Waals surface area contributed by atoms with Crippen molar-refractivity contribution >= 4 is 32.4 Å². The molecule has 1 aromatic carbocycles. The van der Waals surface area contributed by atoms with Crippen molar-refractivity contribution < 1.29 is 13.3 Å². The Morgan fingerprint density at radius 1 is 1.36 bits per heavy atom. The van der Waals surface area contributed by atoms with Crippen LogP contribution >= 0.6 is 11.5 Å². The molecule has 0 bridgehead atoms. The SMILES string of the molecule is Cc1cc([N+](=O)[O-])ccc1S(=O)(=O)Nc1nc(C(C)C)ns1. The molecule has 0 radical (unpaired) electrons. The van der Waals surface area contributed by atoms with E-state index in [0.29, 0.717) is 5.82 Å². The maximum absolute atomic E-state index is 12.3. The fraction of sp³-hybridized carbons (Fsp3) is 0.333. The molecule has 10 heteroatoms. The molecule has 0 aliphatic heterocycles.